The average molecular weight is 340 g/mol. The number of pyridine rings is 1. The maximum absolute atomic E-state index is 5.68. The normalized spacial score (nSPS) is 18.8. The Kier molecular flexibility index (Phi) is 4.42. The summed E-state index contributed by atoms with van der Waals surface area (Å²) in [5, 5.41) is 4.45. The zero-order chi connectivity index (χ0) is 16.4. The van der Waals surface area contributed by atoms with Gasteiger partial charge in [-0.05, 0) is 36.8 Å². The van der Waals surface area contributed by atoms with Gasteiger partial charge < -0.3 is 9.73 Å². The molecule has 24 heavy (non-hydrogen) atoms. The van der Waals surface area contributed by atoms with Crippen LogP contribution in [-0.2, 0) is 6.54 Å². The van der Waals surface area contributed by atoms with Crippen LogP contribution < -0.4 is 5.32 Å². The largest absolute Gasteiger partial charge is 0.459 e. The van der Waals surface area contributed by atoms with Crippen LogP contribution in [0.1, 0.15) is 22.2 Å². The van der Waals surface area contributed by atoms with Crippen molar-refractivity contribution in [3.05, 3.63) is 59.1 Å². The van der Waals surface area contributed by atoms with Crippen LogP contribution in [0.5, 0.6) is 0 Å². The zero-order valence-electron chi connectivity index (χ0n) is 13.6. The fourth-order valence-electron chi connectivity index (χ4n) is 3.09. The molecule has 1 saturated heterocycles. The summed E-state index contributed by atoms with van der Waals surface area (Å²) < 4.78 is 5.68. The first kappa shape index (κ1) is 15.5. The van der Waals surface area contributed by atoms with Crippen LogP contribution in [0.25, 0.3) is 10.8 Å². The zero-order valence-corrected chi connectivity index (χ0v) is 14.4. The second-order valence-corrected chi connectivity index (χ2v) is 7.13. The quantitative estimate of drug-likeness (QED) is 0.790. The summed E-state index contributed by atoms with van der Waals surface area (Å²) in [5.74, 6) is 1.77. The van der Waals surface area contributed by atoms with Crippen LogP contribution >= 0.6 is 11.3 Å². The third-order valence-electron chi connectivity index (χ3n) is 4.31. The Morgan fingerprint density at radius 3 is 2.96 bits per heavy atom. The van der Waals surface area contributed by atoms with Crippen molar-refractivity contribution in [2.24, 2.45) is 0 Å². The molecule has 3 aromatic heterocycles. The van der Waals surface area contributed by atoms with Gasteiger partial charge in [-0.25, -0.2) is 4.98 Å². The van der Waals surface area contributed by atoms with Gasteiger partial charge in [0.2, 0.25) is 0 Å². The van der Waals surface area contributed by atoms with Gasteiger partial charge >= 0.3 is 0 Å². The predicted molar refractivity (Wildman–Crippen MR) is 94.8 cm³/mol. The van der Waals surface area contributed by atoms with Crippen LogP contribution in [0.2, 0.25) is 0 Å². The van der Waals surface area contributed by atoms with E-state index in [4.69, 9.17) is 4.42 Å². The van der Waals surface area contributed by atoms with Crippen molar-refractivity contribution in [1.29, 1.82) is 0 Å². The van der Waals surface area contributed by atoms with Crippen molar-refractivity contribution in [3.8, 4) is 10.8 Å². The summed E-state index contributed by atoms with van der Waals surface area (Å²) in [6.07, 6.45) is 5.71. The molecular formula is C18H20N4OS. The highest BCUT2D eigenvalue weighted by Crippen LogP contribution is 2.30. The van der Waals surface area contributed by atoms with Crippen molar-refractivity contribution in [3.63, 3.8) is 0 Å². The Morgan fingerprint density at radius 1 is 1.29 bits per heavy atom. The Hall–Kier alpha value is -2.02. The number of rotatable bonds is 4. The lowest BCUT2D eigenvalue weighted by molar-refractivity contribution is 0.155. The Balaban J connectivity index is 1.52. The number of piperazine rings is 1. The molecule has 0 bridgehead atoms. The van der Waals surface area contributed by atoms with E-state index >= 15 is 0 Å². The molecule has 0 saturated carbocycles. The summed E-state index contributed by atoms with van der Waals surface area (Å²) in [5.41, 5.74) is 1.31. The average Bonchev–Trinajstić information content (AvgIpc) is 3.25. The number of nitrogens with zero attached hydrogens (tertiary/aromatic N) is 3. The number of thiazole rings is 1. The molecule has 1 aliphatic rings. The molecule has 3 aromatic rings. The molecule has 1 unspecified atom stereocenters. The minimum atomic E-state index is 0.373. The van der Waals surface area contributed by atoms with Crippen molar-refractivity contribution >= 4 is 11.3 Å². The Bertz CT molecular complexity index is 798. The van der Waals surface area contributed by atoms with E-state index in [1.54, 1.807) is 11.3 Å². The van der Waals surface area contributed by atoms with E-state index in [-0.39, 0.29) is 0 Å². The lowest BCUT2D eigenvalue weighted by Crippen LogP contribution is -2.45. The van der Waals surface area contributed by atoms with Gasteiger partial charge in [0.15, 0.2) is 10.8 Å². The molecule has 1 aliphatic heterocycles. The molecule has 4 heterocycles. The Morgan fingerprint density at radius 2 is 2.17 bits per heavy atom. The third-order valence-corrected chi connectivity index (χ3v) is 5.31. The minimum absolute atomic E-state index is 0.373. The molecule has 0 aliphatic carbocycles. The maximum Gasteiger partial charge on any atom is 0.162 e. The van der Waals surface area contributed by atoms with E-state index in [9.17, 15) is 0 Å². The number of hydrogen-bond donors (Lipinski definition) is 1. The summed E-state index contributed by atoms with van der Waals surface area (Å²) in [6, 6.07) is 8.55. The van der Waals surface area contributed by atoms with Crippen molar-refractivity contribution in [1.82, 2.24) is 20.2 Å². The highest BCUT2D eigenvalue weighted by atomic mass is 32.1. The van der Waals surface area contributed by atoms with Crippen molar-refractivity contribution < 1.29 is 4.42 Å². The fraction of sp³-hybridized carbons (Fsp3) is 0.333. The van der Waals surface area contributed by atoms with Crippen LogP contribution in [0, 0.1) is 6.92 Å². The number of nitrogens with one attached hydrogen (secondary N) is 1. The van der Waals surface area contributed by atoms with Gasteiger partial charge in [0, 0.05) is 55.7 Å². The SMILES string of the molecule is Cc1ccc(-c2ncc(CN3CCNCC3c3ccncc3)s2)o1. The molecule has 0 aromatic carbocycles. The smallest absolute Gasteiger partial charge is 0.162 e. The van der Waals surface area contributed by atoms with E-state index in [0.717, 1.165) is 42.7 Å². The highest BCUT2D eigenvalue weighted by Gasteiger charge is 2.24. The van der Waals surface area contributed by atoms with Gasteiger partial charge in [0.1, 0.15) is 5.76 Å². The van der Waals surface area contributed by atoms with Gasteiger partial charge in [-0.1, -0.05) is 0 Å². The number of hydrogen-bond acceptors (Lipinski definition) is 6. The number of aromatic nitrogens is 2. The van der Waals surface area contributed by atoms with Gasteiger partial charge in [-0.15, -0.1) is 11.3 Å². The van der Waals surface area contributed by atoms with E-state index < -0.39 is 0 Å². The first-order valence-corrected chi connectivity index (χ1v) is 8.97. The minimum Gasteiger partial charge on any atom is -0.459 e. The second-order valence-electron chi connectivity index (χ2n) is 6.01. The van der Waals surface area contributed by atoms with Crippen molar-refractivity contribution in [2.45, 2.75) is 19.5 Å². The van der Waals surface area contributed by atoms with E-state index in [1.165, 1.54) is 10.4 Å². The summed E-state index contributed by atoms with van der Waals surface area (Å²) in [4.78, 5) is 12.4. The molecule has 4 rings (SSSR count). The molecule has 0 spiro atoms. The monoisotopic (exact) mass is 340 g/mol. The summed E-state index contributed by atoms with van der Waals surface area (Å²) >= 11 is 1.71. The van der Waals surface area contributed by atoms with Crippen LogP contribution in [-0.4, -0.2) is 34.5 Å². The molecule has 124 valence electrons. The molecule has 0 radical (unpaired) electrons. The fourth-order valence-corrected chi connectivity index (χ4v) is 3.99. The van der Waals surface area contributed by atoms with E-state index in [1.807, 2.05) is 37.6 Å². The molecule has 1 fully saturated rings. The van der Waals surface area contributed by atoms with Gasteiger partial charge in [-0.2, -0.15) is 0 Å². The highest BCUT2D eigenvalue weighted by molar-refractivity contribution is 7.14. The van der Waals surface area contributed by atoms with Gasteiger partial charge in [-0.3, -0.25) is 9.88 Å². The molecule has 1 atom stereocenters. The molecular weight excluding hydrogens is 320 g/mol. The molecule has 0 amide bonds. The van der Waals surface area contributed by atoms with Crippen LogP contribution in [0.15, 0.2) is 47.3 Å². The topological polar surface area (TPSA) is 54.2 Å². The molecule has 6 heteroatoms. The molecule has 5 nitrogen and oxygen atoms in total. The summed E-state index contributed by atoms with van der Waals surface area (Å²) in [7, 11) is 0. The maximum atomic E-state index is 5.68. The number of furan rings is 1. The first-order chi connectivity index (χ1) is 11.8. The second kappa shape index (κ2) is 6.84. The summed E-state index contributed by atoms with van der Waals surface area (Å²) in [6.45, 7) is 5.88. The van der Waals surface area contributed by atoms with Gasteiger partial charge in [0.05, 0.1) is 0 Å². The van der Waals surface area contributed by atoms with Crippen LogP contribution in [0.4, 0.5) is 0 Å². The lowest BCUT2D eigenvalue weighted by Gasteiger charge is -2.36. The third kappa shape index (κ3) is 3.26. The van der Waals surface area contributed by atoms with Crippen LogP contribution in [0.3, 0.4) is 0 Å². The molecule has 1 N–H and O–H groups in total. The van der Waals surface area contributed by atoms with E-state index in [2.05, 4.69) is 32.3 Å². The van der Waals surface area contributed by atoms with Gasteiger partial charge in [0.25, 0.3) is 0 Å². The van der Waals surface area contributed by atoms with Crippen molar-refractivity contribution in [2.75, 3.05) is 19.6 Å². The Labute approximate surface area is 145 Å². The standard InChI is InChI=1S/C18H20N4OS/c1-13-2-3-17(23-13)18-21-10-15(24-18)12-22-9-8-20-11-16(22)14-4-6-19-7-5-14/h2-7,10,16,20H,8-9,11-12H2,1H3. The number of aryl methyl sites for hydroxylation is 1. The predicted octanol–water partition coefficient (Wildman–Crippen LogP) is 3.25. The first-order valence-electron chi connectivity index (χ1n) is 8.16. The van der Waals surface area contributed by atoms with E-state index in [0.29, 0.717) is 6.04 Å². The lowest BCUT2D eigenvalue weighted by atomic mass is 10.0.